The summed E-state index contributed by atoms with van der Waals surface area (Å²) in [5.41, 5.74) is 3.08. The van der Waals surface area contributed by atoms with Crippen molar-refractivity contribution in [2.24, 2.45) is 7.05 Å². The van der Waals surface area contributed by atoms with Gasteiger partial charge >= 0.3 is 0 Å². The van der Waals surface area contributed by atoms with E-state index >= 15 is 0 Å². The third-order valence-electron chi connectivity index (χ3n) is 6.06. The molecule has 32 heavy (non-hydrogen) atoms. The predicted octanol–water partition coefficient (Wildman–Crippen LogP) is 3.66. The average Bonchev–Trinajstić information content (AvgIpc) is 3.20. The quantitative estimate of drug-likeness (QED) is 0.466. The fourth-order valence-corrected chi connectivity index (χ4v) is 5.43. The summed E-state index contributed by atoms with van der Waals surface area (Å²) >= 11 is 1.49. The number of aromatic nitrogens is 3. The molecular weight excluding hydrogens is 427 g/mol. The van der Waals surface area contributed by atoms with Gasteiger partial charge in [0.15, 0.2) is 5.13 Å². The molecule has 1 fully saturated rings. The summed E-state index contributed by atoms with van der Waals surface area (Å²) in [6, 6.07) is 11.9. The molecule has 0 bridgehead atoms. The number of halogens is 1. The standard InChI is InChI=1S/C23H21FN6OS/c1-13-12-30(23-27-17-6-4-15(24)8-20(17)32-23)14(2)11-29(13)19-9-21(31)28(3)18-7-5-16(10-25)26-22(18)19/h4-9,13-14H,11-12H2,1-3H3/t13-,14+/m0/s1. The molecule has 3 aromatic heterocycles. The molecule has 0 amide bonds. The smallest absolute Gasteiger partial charge is 0.252 e. The number of nitriles is 1. The van der Waals surface area contributed by atoms with E-state index in [-0.39, 0.29) is 23.5 Å². The van der Waals surface area contributed by atoms with Gasteiger partial charge in [-0.3, -0.25) is 4.79 Å². The predicted molar refractivity (Wildman–Crippen MR) is 125 cm³/mol. The number of benzene rings is 1. The Hall–Kier alpha value is -3.51. The molecule has 0 aliphatic carbocycles. The zero-order valence-electron chi connectivity index (χ0n) is 17.9. The molecular formula is C23H21FN6OS. The first-order valence-corrected chi connectivity index (χ1v) is 11.2. The van der Waals surface area contributed by atoms with E-state index in [0.717, 1.165) is 21.0 Å². The summed E-state index contributed by atoms with van der Waals surface area (Å²) in [6.45, 7) is 5.57. The molecule has 0 saturated carbocycles. The van der Waals surface area contributed by atoms with Crippen molar-refractivity contribution in [1.82, 2.24) is 14.5 Å². The summed E-state index contributed by atoms with van der Waals surface area (Å²) in [5, 5.41) is 10.2. The number of nitrogens with zero attached hydrogens (tertiary/aromatic N) is 6. The monoisotopic (exact) mass is 448 g/mol. The number of thiazole rings is 1. The van der Waals surface area contributed by atoms with Gasteiger partial charge in [0.25, 0.3) is 5.56 Å². The van der Waals surface area contributed by atoms with Crippen LogP contribution in [0.3, 0.4) is 0 Å². The van der Waals surface area contributed by atoms with Gasteiger partial charge in [-0.15, -0.1) is 0 Å². The molecule has 0 radical (unpaired) electrons. The Morgan fingerprint density at radius 3 is 2.62 bits per heavy atom. The summed E-state index contributed by atoms with van der Waals surface area (Å²) in [5.74, 6) is -0.263. The first-order valence-electron chi connectivity index (χ1n) is 10.4. The summed E-state index contributed by atoms with van der Waals surface area (Å²) in [4.78, 5) is 26.3. The Kier molecular flexibility index (Phi) is 4.82. The maximum Gasteiger partial charge on any atom is 0.252 e. The van der Waals surface area contributed by atoms with Crippen LogP contribution in [0.2, 0.25) is 0 Å². The molecule has 4 aromatic rings. The van der Waals surface area contributed by atoms with E-state index < -0.39 is 0 Å². The maximum atomic E-state index is 13.6. The van der Waals surface area contributed by atoms with Gasteiger partial charge < -0.3 is 14.4 Å². The second kappa shape index (κ2) is 7.57. The number of pyridine rings is 2. The van der Waals surface area contributed by atoms with Crippen molar-refractivity contribution >= 4 is 43.4 Å². The highest BCUT2D eigenvalue weighted by atomic mass is 32.1. The first kappa shape index (κ1) is 20.4. The molecule has 1 aromatic carbocycles. The van der Waals surface area contributed by atoms with E-state index in [2.05, 4.69) is 34.7 Å². The molecule has 0 spiro atoms. The lowest BCUT2D eigenvalue weighted by Crippen LogP contribution is -2.57. The molecule has 7 nitrogen and oxygen atoms in total. The van der Waals surface area contributed by atoms with Crippen molar-refractivity contribution in [2.45, 2.75) is 25.9 Å². The van der Waals surface area contributed by atoms with Crippen LogP contribution in [0.1, 0.15) is 19.5 Å². The summed E-state index contributed by atoms with van der Waals surface area (Å²) in [6.07, 6.45) is 0. The molecule has 9 heteroatoms. The van der Waals surface area contributed by atoms with E-state index in [1.807, 2.05) is 0 Å². The highest BCUT2D eigenvalue weighted by Gasteiger charge is 2.32. The van der Waals surface area contributed by atoms with Gasteiger partial charge in [-0.05, 0) is 44.2 Å². The molecule has 4 heterocycles. The molecule has 162 valence electrons. The molecule has 0 N–H and O–H groups in total. The fourth-order valence-electron chi connectivity index (χ4n) is 4.33. The van der Waals surface area contributed by atoms with Crippen LogP contribution in [0.25, 0.3) is 21.3 Å². The minimum atomic E-state index is -0.263. The number of hydrogen-bond acceptors (Lipinski definition) is 7. The van der Waals surface area contributed by atoms with Crippen molar-refractivity contribution < 1.29 is 4.39 Å². The lowest BCUT2D eigenvalue weighted by atomic mass is 10.1. The number of fused-ring (bicyclic) bond motifs is 2. The Morgan fingerprint density at radius 2 is 1.84 bits per heavy atom. The molecule has 2 atom stereocenters. The fraction of sp³-hybridized carbons (Fsp3) is 0.304. The van der Waals surface area contributed by atoms with E-state index in [1.54, 1.807) is 35.9 Å². The second-order valence-electron chi connectivity index (χ2n) is 8.21. The number of hydrogen-bond donors (Lipinski definition) is 0. The van der Waals surface area contributed by atoms with Crippen molar-refractivity contribution in [1.29, 1.82) is 5.26 Å². The third-order valence-corrected chi connectivity index (χ3v) is 7.12. The van der Waals surface area contributed by atoms with E-state index in [4.69, 9.17) is 4.98 Å². The SMILES string of the molecule is C[C@@H]1CN(c2cc(=O)n(C)c3ccc(C#N)nc23)[C@@H](C)CN1c1nc2ccc(F)cc2s1. The Morgan fingerprint density at radius 1 is 1.09 bits per heavy atom. The van der Waals surface area contributed by atoms with Crippen molar-refractivity contribution in [2.75, 3.05) is 22.9 Å². The normalized spacial score (nSPS) is 19.0. The zero-order valence-corrected chi connectivity index (χ0v) is 18.7. The number of aryl methyl sites for hydroxylation is 1. The van der Waals surface area contributed by atoms with Gasteiger partial charge in [0.2, 0.25) is 0 Å². The number of rotatable bonds is 2. The second-order valence-corrected chi connectivity index (χ2v) is 9.22. The first-order chi connectivity index (χ1) is 15.4. The van der Waals surface area contributed by atoms with Crippen LogP contribution in [0.5, 0.6) is 0 Å². The van der Waals surface area contributed by atoms with E-state index in [1.165, 1.54) is 23.5 Å². The topological polar surface area (TPSA) is 78.0 Å². The molecule has 1 saturated heterocycles. The van der Waals surface area contributed by atoms with Gasteiger partial charge in [-0.25, -0.2) is 14.4 Å². The average molecular weight is 449 g/mol. The van der Waals surface area contributed by atoms with Crippen LogP contribution in [0, 0.1) is 17.1 Å². The highest BCUT2D eigenvalue weighted by Crippen LogP contribution is 2.34. The van der Waals surface area contributed by atoms with Crippen molar-refractivity contribution in [3.05, 3.63) is 58.3 Å². The van der Waals surface area contributed by atoms with Crippen LogP contribution in [0.15, 0.2) is 41.2 Å². The highest BCUT2D eigenvalue weighted by molar-refractivity contribution is 7.22. The van der Waals surface area contributed by atoms with Crippen molar-refractivity contribution in [3.8, 4) is 6.07 Å². The van der Waals surface area contributed by atoms with Crippen LogP contribution >= 0.6 is 11.3 Å². The van der Waals surface area contributed by atoms with Crippen LogP contribution in [-0.2, 0) is 7.05 Å². The molecule has 0 unspecified atom stereocenters. The van der Waals surface area contributed by atoms with Gasteiger partial charge in [-0.2, -0.15) is 5.26 Å². The van der Waals surface area contributed by atoms with E-state index in [0.29, 0.717) is 29.8 Å². The number of piperazine rings is 1. The number of anilines is 2. The minimum Gasteiger partial charge on any atom is -0.363 e. The molecule has 1 aliphatic rings. The van der Waals surface area contributed by atoms with Crippen molar-refractivity contribution in [3.63, 3.8) is 0 Å². The summed E-state index contributed by atoms with van der Waals surface area (Å²) in [7, 11) is 1.71. The minimum absolute atomic E-state index is 0.0674. The zero-order chi connectivity index (χ0) is 22.6. The molecule has 1 aliphatic heterocycles. The lowest BCUT2D eigenvalue weighted by Gasteiger charge is -2.45. The Bertz CT molecular complexity index is 1450. The van der Waals surface area contributed by atoms with Crippen LogP contribution in [-0.4, -0.2) is 39.7 Å². The summed E-state index contributed by atoms with van der Waals surface area (Å²) < 4.78 is 16.0. The largest absolute Gasteiger partial charge is 0.363 e. The van der Waals surface area contributed by atoms with Gasteiger partial charge in [0.05, 0.1) is 21.4 Å². The van der Waals surface area contributed by atoms with Gasteiger partial charge in [0.1, 0.15) is 23.1 Å². The van der Waals surface area contributed by atoms with Crippen LogP contribution in [0.4, 0.5) is 15.2 Å². The van der Waals surface area contributed by atoms with Crippen LogP contribution < -0.4 is 15.4 Å². The van der Waals surface area contributed by atoms with Gasteiger partial charge in [0, 0.05) is 38.3 Å². The Balaban J connectivity index is 1.53. The molecule has 5 rings (SSSR count). The van der Waals surface area contributed by atoms with E-state index in [9.17, 15) is 14.4 Å². The Labute approximate surface area is 188 Å². The lowest BCUT2D eigenvalue weighted by molar-refractivity contribution is 0.481. The third kappa shape index (κ3) is 3.28. The maximum absolute atomic E-state index is 13.6. The van der Waals surface area contributed by atoms with Gasteiger partial charge in [-0.1, -0.05) is 11.3 Å².